The average molecular weight is 245 g/mol. The van der Waals surface area contributed by atoms with Gasteiger partial charge in [-0.2, -0.15) is 0 Å². The lowest BCUT2D eigenvalue weighted by Crippen LogP contribution is -2.36. The van der Waals surface area contributed by atoms with E-state index in [0.29, 0.717) is 18.5 Å². The quantitative estimate of drug-likeness (QED) is 0.647. The highest BCUT2D eigenvalue weighted by Gasteiger charge is 2.28. The van der Waals surface area contributed by atoms with Gasteiger partial charge in [-0.1, -0.05) is 18.2 Å². The van der Waals surface area contributed by atoms with Crippen molar-refractivity contribution in [2.45, 2.75) is 31.4 Å². The van der Waals surface area contributed by atoms with Gasteiger partial charge in [0.25, 0.3) is 0 Å². The van der Waals surface area contributed by atoms with Gasteiger partial charge in [0.1, 0.15) is 11.9 Å². The number of para-hydroxylation sites is 1. The summed E-state index contributed by atoms with van der Waals surface area (Å²) >= 11 is 0. The molecule has 1 aromatic carbocycles. The van der Waals surface area contributed by atoms with Crippen molar-refractivity contribution in [3.63, 3.8) is 0 Å². The number of benzene rings is 1. The summed E-state index contributed by atoms with van der Waals surface area (Å²) in [6, 6.07) is 8.77. The predicted octanol–water partition coefficient (Wildman–Crippen LogP) is 1.40. The molecule has 0 saturated heterocycles. The number of rotatable bonds is 3. The molecule has 1 aliphatic carbocycles. The lowest BCUT2D eigenvalue weighted by atomic mass is 10.1. The first-order chi connectivity index (χ1) is 8.74. The van der Waals surface area contributed by atoms with Gasteiger partial charge in [-0.25, -0.2) is 4.99 Å². The number of nitrogens with two attached hydrogens (primary N) is 1. The highest BCUT2D eigenvalue weighted by Crippen LogP contribution is 2.28. The third-order valence-corrected chi connectivity index (χ3v) is 3.63. The fraction of sp³-hybridized carbons (Fsp3) is 0.500. The molecule has 1 unspecified atom stereocenters. The summed E-state index contributed by atoms with van der Waals surface area (Å²) in [5, 5.41) is 0. The molecule has 1 heterocycles. The Labute approximate surface area is 107 Å². The van der Waals surface area contributed by atoms with E-state index in [-0.39, 0.29) is 6.10 Å². The summed E-state index contributed by atoms with van der Waals surface area (Å²) in [6.45, 7) is 0.636. The summed E-state index contributed by atoms with van der Waals surface area (Å²) in [4.78, 5) is 6.52. The van der Waals surface area contributed by atoms with Crippen LogP contribution < -0.4 is 10.5 Å². The SMILES string of the molecule is CN(C(N)=NCC1Cc2ccccc2O1)C1CC1. The van der Waals surface area contributed by atoms with Gasteiger partial charge in [-0.05, 0) is 24.5 Å². The fourth-order valence-electron chi connectivity index (χ4n) is 2.31. The van der Waals surface area contributed by atoms with E-state index in [0.717, 1.165) is 12.2 Å². The van der Waals surface area contributed by atoms with E-state index in [1.807, 2.05) is 25.2 Å². The van der Waals surface area contributed by atoms with Crippen LogP contribution in [0.2, 0.25) is 0 Å². The van der Waals surface area contributed by atoms with Crippen LogP contribution in [0.15, 0.2) is 29.3 Å². The number of hydrogen-bond donors (Lipinski definition) is 1. The van der Waals surface area contributed by atoms with E-state index in [9.17, 15) is 0 Å². The maximum absolute atomic E-state index is 5.96. The van der Waals surface area contributed by atoms with E-state index >= 15 is 0 Å². The minimum Gasteiger partial charge on any atom is -0.488 e. The number of ether oxygens (including phenoxy) is 1. The Kier molecular flexibility index (Phi) is 2.86. The molecular formula is C14H19N3O. The molecule has 4 nitrogen and oxygen atoms in total. The number of hydrogen-bond acceptors (Lipinski definition) is 2. The van der Waals surface area contributed by atoms with Crippen LogP contribution in [0, 0.1) is 0 Å². The zero-order chi connectivity index (χ0) is 12.5. The van der Waals surface area contributed by atoms with Crippen molar-refractivity contribution >= 4 is 5.96 Å². The van der Waals surface area contributed by atoms with E-state index in [4.69, 9.17) is 10.5 Å². The van der Waals surface area contributed by atoms with E-state index in [1.54, 1.807) is 0 Å². The maximum Gasteiger partial charge on any atom is 0.191 e. The van der Waals surface area contributed by atoms with Crippen molar-refractivity contribution in [3.05, 3.63) is 29.8 Å². The van der Waals surface area contributed by atoms with Gasteiger partial charge in [0.15, 0.2) is 5.96 Å². The Hall–Kier alpha value is -1.71. The van der Waals surface area contributed by atoms with Gasteiger partial charge in [0, 0.05) is 19.5 Å². The molecule has 2 aliphatic rings. The van der Waals surface area contributed by atoms with Crippen LogP contribution in [0.5, 0.6) is 5.75 Å². The van der Waals surface area contributed by atoms with Crippen molar-refractivity contribution in [2.24, 2.45) is 10.7 Å². The summed E-state index contributed by atoms with van der Waals surface area (Å²) in [5.41, 5.74) is 7.23. The Morgan fingerprint density at radius 2 is 2.22 bits per heavy atom. The smallest absolute Gasteiger partial charge is 0.191 e. The van der Waals surface area contributed by atoms with Crippen molar-refractivity contribution < 1.29 is 4.74 Å². The predicted molar refractivity (Wildman–Crippen MR) is 71.8 cm³/mol. The molecule has 2 N–H and O–H groups in total. The Morgan fingerprint density at radius 1 is 1.44 bits per heavy atom. The Morgan fingerprint density at radius 3 is 2.94 bits per heavy atom. The Balaban J connectivity index is 1.57. The van der Waals surface area contributed by atoms with Crippen LogP contribution in [-0.2, 0) is 6.42 Å². The molecule has 1 aliphatic heterocycles. The topological polar surface area (TPSA) is 50.8 Å². The van der Waals surface area contributed by atoms with Gasteiger partial charge in [0.05, 0.1) is 6.54 Å². The highest BCUT2D eigenvalue weighted by molar-refractivity contribution is 5.78. The fourth-order valence-corrected chi connectivity index (χ4v) is 2.31. The van der Waals surface area contributed by atoms with Crippen LogP contribution in [0.3, 0.4) is 0 Å². The molecule has 1 fully saturated rings. The van der Waals surface area contributed by atoms with Crippen LogP contribution in [0.4, 0.5) is 0 Å². The third kappa shape index (κ3) is 2.28. The third-order valence-electron chi connectivity index (χ3n) is 3.63. The summed E-state index contributed by atoms with van der Waals surface area (Å²) in [5.74, 6) is 1.63. The second kappa shape index (κ2) is 4.52. The van der Waals surface area contributed by atoms with Crippen LogP contribution in [0.25, 0.3) is 0 Å². The van der Waals surface area contributed by atoms with E-state index < -0.39 is 0 Å². The minimum absolute atomic E-state index is 0.133. The molecule has 3 rings (SSSR count). The molecule has 96 valence electrons. The van der Waals surface area contributed by atoms with Crippen molar-refractivity contribution in [1.82, 2.24) is 4.90 Å². The maximum atomic E-state index is 5.96. The molecule has 4 heteroatoms. The normalized spacial score (nSPS) is 22.5. The zero-order valence-corrected chi connectivity index (χ0v) is 10.7. The number of guanidine groups is 1. The zero-order valence-electron chi connectivity index (χ0n) is 10.7. The van der Waals surface area contributed by atoms with Crippen LogP contribution in [0.1, 0.15) is 18.4 Å². The molecule has 0 radical (unpaired) electrons. The lowest BCUT2D eigenvalue weighted by Gasteiger charge is -2.17. The van der Waals surface area contributed by atoms with E-state index in [1.165, 1.54) is 18.4 Å². The number of fused-ring (bicyclic) bond motifs is 1. The van der Waals surface area contributed by atoms with Crippen LogP contribution >= 0.6 is 0 Å². The highest BCUT2D eigenvalue weighted by atomic mass is 16.5. The molecule has 0 aromatic heterocycles. The van der Waals surface area contributed by atoms with Crippen LogP contribution in [-0.4, -0.2) is 36.6 Å². The van der Waals surface area contributed by atoms with Gasteiger partial charge in [-0.3, -0.25) is 0 Å². The molecule has 0 bridgehead atoms. The first-order valence-electron chi connectivity index (χ1n) is 6.51. The standard InChI is InChI=1S/C14H19N3O/c1-17(11-6-7-11)14(15)16-9-12-8-10-4-2-3-5-13(10)18-12/h2-5,11-12H,6-9H2,1H3,(H2,15,16). The van der Waals surface area contributed by atoms with Gasteiger partial charge in [0.2, 0.25) is 0 Å². The second-order valence-electron chi connectivity index (χ2n) is 5.09. The van der Waals surface area contributed by atoms with Crippen molar-refractivity contribution in [1.29, 1.82) is 0 Å². The van der Waals surface area contributed by atoms with Gasteiger partial charge >= 0.3 is 0 Å². The van der Waals surface area contributed by atoms with Crippen molar-refractivity contribution in [3.8, 4) is 5.75 Å². The summed E-state index contributed by atoms with van der Waals surface area (Å²) in [6.07, 6.45) is 3.53. The Bertz CT molecular complexity index is 443. The largest absolute Gasteiger partial charge is 0.488 e. The molecule has 1 saturated carbocycles. The molecular weight excluding hydrogens is 226 g/mol. The first kappa shape index (κ1) is 11.4. The monoisotopic (exact) mass is 245 g/mol. The average Bonchev–Trinajstić information content (AvgIpc) is 3.14. The number of aliphatic imine (C=N–C) groups is 1. The molecule has 1 atom stereocenters. The molecule has 1 aromatic rings. The van der Waals surface area contributed by atoms with Crippen molar-refractivity contribution in [2.75, 3.05) is 13.6 Å². The summed E-state index contributed by atoms with van der Waals surface area (Å²) in [7, 11) is 2.01. The molecule has 18 heavy (non-hydrogen) atoms. The van der Waals surface area contributed by atoms with Gasteiger partial charge in [-0.15, -0.1) is 0 Å². The first-order valence-corrected chi connectivity index (χ1v) is 6.51. The molecule has 0 amide bonds. The summed E-state index contributed by atoms with van der Waals surface area (Å²) < 4.78 is 5.83. The van der Waals surface area contributed by atoms with Gasteiger partial charge < -0.3 is 15.4 Å². The minimum atomic E-state index is 0.133. The lowest BCUT2D eigenvalue weighted by molar-refractivity contribution is 0.241. The number of nitrogens with zero attached hydrogens (tertiary/aromatic N) is 2. The van der Waals surface area contributed by atoms with E-state index in [2.05, 4.69) is 16.0 Å². The molecule has 0 spiro atoms. The second-order valence-corrected chi connectivity index (χ2v) is 5.09.